The summed E-state index contributed by atoms with van der Waals surface area (Å²) in [6.07, 6.45) is 9.08. The van der Waals surface area contributed by atoms with Gasteiger partial charge >= 0.3 is 0 Å². The number of hydrogen-bond acceptors (Lipinski definition) is 2. The molecule has 1 aliphatic carbocycles. The van der Waals surface area contributed by atoms with Crippen molar-refractivity contribution in [1.82, 2.24) is 0 Å². The molecule has 2 aliphatic rings. The molecule has 12 heavy (non-hydrogen) atoms. The molecule has 0 fully saturated rings. The van der Waals surface area contributed by atoms with Crippen LogP contribution in [0.3, 0.4) is 0 Å². The predicted octanol–water partition coefficient (Wildman–Crippen LogP) is 1.60. The quantitative estimate of drug-likeness (QED) is 0.540. The van der Waals surface area contributed by atoms with Gasteiger partial charge in [-0.05, 0) is 13.0 Å². The summed E-state index contributed by atoms with van der Waals surface area (Å²) < 4.78 is 5.46. The first-order valence-corrected chi connectivity index (χ1v) is 4.01. The number of allylic oxidation sites excluding steroid dienone is 4. The second kappa shape index (κ2) is 2.63. The van der Waals surface area contributed by atoms with Crippen molar-refractivity contribution in [2.75, 3.05) is 0 Å². The highest BCUT2D eigenvalue weighted by molar-refractivity contribution is 5.95. The van der Waals surface area contributed by atoms with Crippen LogP contribution in [0.1, 0.15) is 6.92 Å². The summed E-state index contributed by atoms with van der Waals surface area (Å²) in [6, 6.07) is 0. The summed E-state index contributed by atoms with van der Waals surface area (Å²) in [4.78, 5) is 11.4. The fraction of sp³-hybridized carbons (Fsp3) is 0.300. The molecule has 0 N–H and O–H groups in total. The average molecular weight is 162 g/mol. The third-order valence-electron chi connectivity index (χ3n) is 2.08. The van der Waals surface area contributed by atoms with Crippen molar-refractivity contribution in [3.63, 3.8) is 0 Å². The van der Waals surface area contributed by atoms with Crippen molar-refractivity contribution in [2.45, 2.75) is 13.0 Å². The molecule has 0 aromatic rings. The van der Waals surface area contributed by atoms with Crippen molar-refractivity contribution in [3.8, 4) is 0 Å². The monoisotopic (exact) mass is 162 g/mol. The van der Waals surface area contributed by atoms with Crippen LogP contribution in [0.5, 0.6) is 0 Å². The van der Waals surface area contributed by atoms with Gasteiger partial charge < -0.3 is 4.74 Å². The van der Waals surface area contributed by atoms with Crippen LogP contribution in [0.15, 0.2) is 36.1 Å². The topological polar surface area (TPSA) is 26.3 Å². The van der Waals surface area contributed by atoms with E-state index in [1.165, 1.54) is 0 Å². The summed E-state index contributed by atoms with van der Waals surface area (Å²) in [5, 5.41) is 0. The molecular weight excluding hydrogens is 152 g/mol. The van der Waals surface area contributed by atoms with Gasteiger partial charge in [-0.3, -0.25) is 4.79 Å². The van der Waals surface area contributed by atoms with Crippen LogP contribution < -0.4 is 0 Å². The Hall–Kier alpha value is -1.31. The second-order valence-corrected chi connectivity index (χ2v) is 3.04. The molecule has 0 saturated carbocycles. The Kier molecular flexibility index (Phi) is 1.61. The smallest absolute Gasteiger partial charge is 0.169 e. The van der Waals surface area contributed by atoms with Gasteiger partial charge in [-0.15, -0.1) is 0 Å². The molecule has 2 unspecified atom stereocenters. The maximum atomic E-state index is 11.4. The van der Waals surface area contributed by atoms with Crippen LogP contribution >= 0.6 is 0 Å². The van der Waals surface area contributed by atoms with E-state index in [1.807, 2.05) is 24.3 Å². The summed E-state index contributed by atoms with van der Waals surface area (Å²) in [7, 11) is 0. The molecule has 0 bridgehead atoms. The zero-order valence-corrected chi connectivity index (χ0v) is 6.86. The fourth-order valence-corrected chi connectivity index (χ4v) is 1.50. The Labute approximate surface area is 71.2 Å². The Bertz CT molecular complexity index is 297. The van der Waals surface area contributed by atoms with Crippen LogP contribution in [0, 0.1) is 5.92 Å². The maximum Gasteiger partial charge on any atom is 0.169 e. The lowest BCUT2D eigenvalue weighted by Crippen LogP contribution is -2.31. The van der Waals surface area contributed by atoms with E-state index in [-0.39, 0.29) is 17.8 Å². The van der Waals surface area contributed by atoms with Crippen LogP contribution in [0.25, 0.3) is 0 Å². The standard InChI is InChI=1S/C10H10O2/c1-7-6-9(11)8-4-2-3-5-10(8)12-7/h2-6,8,10H,1H3. The van der Waals surface area contributed by atoms with Crippen molar-refractivity contribution in [2.24, 2.45) is 5.92 Å². The zero-order valence-electron chi connectivity index (χ0n) is 6.86. The highest BCUT2D eigenvalue weighted by Gasteiger charge is 2.29. The number of carbonyl (C=O) groups excluding carboxylic acids is 1. The van der Waals surface area contributed by atoms with Crippen molar-refractivity contribution >= 4 is 5.78 Å². The lowest BCUT2D eigenvalue weighted by atomic mass is 9.91. The van der Waals surface area contributed by atoms with Gasteiger partial charge in [-0.1, -0.05) is 18.2 Å². The van der Waals surface area contributed by atoms with Gasteiger partial charge in [0.2, 0.25) is 0 Å². The van der Waals surface area contributed by atoms with Gasteiger partial charge in [0.15, 0.2) is 5.78 Å². The second-order valence-electron chi connectivity index (χ2n) is 3.04. The van der Waals surface area contributed by atoms with Crippen LogP contribution in [0.2, 0.25) is 0 Å². The van der Waals surface area contributed by atoms with Crippen LogP contribution in [0.4, 0.5) is 0 Å². The molecule has 1 heterocycles. The first kappa shape index (κ1) is 7.35. The third-order valence-corrected chi connectivity index (χ3v) is 2.08. The fourth-order valence-electron chi connectivity index (χ4n) is 1.50. The summed E-state index contributed by atoms with van der Waals surface area (Å²) >= 11 is 0. The van der Waals surface area contributed by atoms with Crippen molar-refractivity contribution in [1.29, 1.82) is 0 Å². The lowest BCUT2D eigenvalue weighted by molar-refractivity contribution is -0.121. The minimum absolute atomic E-state index is 0.0764. The van der Waals surface area contributed by atoms with E-state index < -0.39 is 0 Å². The molecule has 2 atom stereocenters. The van der Waals surface area contributed by atoms with Crippen molar-refractivity contribution < 1.29 is 9.53 Å². The first-order chi connectivity index (χ1) is 5.77. The molecule has 0 aromatic carbocycles. The lowest BCUT2D eigenvalue weighted by Gasteiger charge is -2.27. The highest BCUT2D eigenvalue weighted by atomic mass is 16.5. The van der Waals surface area contributed by atoms with E-state index >= 15 is 0 Å². The largest absolute Gasteiger partial charge is 0.490 e. The molecule has 0 spiro atoms. The van der Waals surface area contributed by atoms with E-state index in [2.05, 4.69) is 0 Å². The minimum atomic E-state index is -0.0984. The Morgan fingerprint density at radius 3 is 2.92 bits per heavy atom. The van der Waals surface area contributed by atoms with E-state index in [0.717, 1.165) is 0 Å². The van der Waals surface area contributed by atoms with E-state index in [0.29, 0.717) is 5.76 Å². The Morgan fingerprint density at radius 2 is 2.08 bits per heavy atom. The van der Waals surface area contributed by atoms with E-state index in [1.54, 1.807) is 13.0 Å². The number of rotatable bonds is 0. The Morgan fingerprint density at radius 1 is 1.33 bits per heavy atom. The van der Waals surface area contributed by atoms with Gasteiger partial charge in [-0.2, -0.15) is 0 Å². The van der Waals surface area contributed by atoms with Gasteiger partial charge in [0, 0.05) is 6.08 Å². The molecular formula is C10H10O2. The van der Waals surface area contributed by atoms with Gasteiger partial charge in [-0.25, -0.2) is 0 Å². The normalized spacial score (nSPS) is 32.4. The maximum absolute atomic E-state index is 11.4. The Balaban J connectivity index is 2.32. The van der Waals surface area contributed by atoms with E-state index in [9.17, 15) is 4.79 Å². The molecule has 2 heteroatoms. The van der Waals surface area contributed by atoms with Crippen LogP contribution in [-0.4, -0.2) is 11.9 Å². The number of ether oxygens (including phenoxy) is 1. The average Bonchev–Trinajstić information content (AvgIpc) is 2.04. The van der Waals surface area contributed by atoms with E-state index in [4.69, 9.17) is 4.74 Å². The predicted molar refractivity (Wildman–Crippen MR) is 45.4 cm³/mol. The third kappa shape index (κ3) is 1.09. The SMILES string of the molecule is CC1=CC(=O)C2C=CC=CC2O1. The van der Waals surface area contributed by atoms with Gasteiger partial charge in [0.25, 0.3) is 0 Å². The number of ketones is 1. The minimum Gasteiger partial charge on any atom is -0.490 e. The number of carbonyl (C=O) groups is 1. The van der Waals surface area contributed by atoms with Crippen LogP contribution in [-0.2, 0) is 9.53 Å². The van der Waals surface area contributed by atoms with Gasteiger partial charge in [0.05, 0.1) is 11.7 Å². The summed E-state index contributed by atoms with van der Waals surface area (Å²) in [5.74, 6) is 0.754. The molecule has 2 nitrogen and oxygen atoms in total. The summed E-state index contributed by atoms with van der Waals surface area (Å²) in [5.41, 5.74) is 0. The zero-order chi connectivity index (χ0) is 8.55. The molecule has 0 amide bonds. The molecule has 0 saturated heterocycles. The molecule has 0 radical (unpaired) electrons. The molecule has 0 aromatic heterocycles. The summed E-state index contributed by atoms with van der Waals surface area (Å²) in [6.45, 7) is 1.81. The molecule has 1 aliphatic heterocycles. The van der Waals surface area contributed by atoms with Gasteiger partial charge in [0.1, 0.15) is 6.10 Å². The first-order valence-electron chi connectivity index (χ1n) is 4.01. The van der Waals surface area contributed by atoms with Crippen molar-refractivity contribution in [3.05, 3.63) is 36.1 Å². The number of hydrogen-bond donors (Lipinski definition) is 0. The highest BCUT2D eigenvalue weighted by Crippen LogP contribution is 2.24. The molecule has 62 valence electrons. The number of fused-ring (bicyclic) bond motifs is 1. The molecule has 2 rings (SSSR count).